The lowest BCUT2D eigenvalue weighted by Gasteiger charge is -2.14. The first-order chi connectivity index (χ1) is 9.10. The van der Waals surface area contributed by atoms with Crippen molar-refractivity contribution < 1.29 is 4.42 Å². The molecular weight excluding hydrogens is 324 g/mol. The van der Waals surface area contributed by atoms with E-state index in [4.69, 9.17) is 4.42 Å². The summed E-state index contributed by atoms with van der Waals surface area (Å²) in [5, 5.41) is 4.07. The maximum atomic E-state index is 5.36. The van der Waals surface area contributed by atoms with Crippen molar-refractivity contribution in [3.63, 3.8) is 0 Å². The Kier molecular flexibility index (Phi) is 5.07. The molecule has 2 aromatic rings. The maximum Gasteiger partial charge on any atom is 0.260 e. The Morgan fingerprint density at radius 2 is 2.26 bits per heavy atom. The molecule has 0 aliphatic heterocycles. The zero-order valence-corrected chi connectivity index (χ0v) is 13.6. The van der Waals surface area contributed by atoms with Crippen molar-refractivity contribution >= 4 is 27.7 Å². The quantitative estimate of drug-likeness (QED) is 0.865. The molecule has 0 bridgehead atoms. The van der Waals surface area contributed by atoms with Crippen molar-refractivity contribution in [3.05, 3.63) is 40.2 Å². The third-order valence-electron chi connectivity index (χ3n) is 2.76. The summed E-state index contributed by atoms with van der Waals surface area (Å²) in [5.41, 5.74) is 2.16. The summed E-state index contributed by atoms with van der Waals surface area (Å²) in [5.74, 6) is 0. The first-order valence-electron chi connectivity index (χ1n) is 6.23. The van der Waals surface area contributed by atoms with Crippen LogP contribution in [0.4, 0.5) is 0 Å². The summed E-state index contributed by atoms with van der Waals surface area (Å²) in [6.45, 7) is 7.16. The SMILES string of the molecule is CCNC(C)c1ccc(Sc2nc(C)co2)c(Br)c1. The first kappa shape index (κ1) is 14.6. The number of rotatable bonds is 5. The lowest BCUT2D eigenvalue weighted by molar-refractivity contribution is 0.454. The first-order valence-corrected chi connectivity index (χ1v) is 7.84. The minimum Gasteiger partial charge on any atom is -0.439 e. The van der Waals surface area contributed by atoms with Gasteiger partial charge in [0.05, 0.1) is 5.69 Å². The van der Waals surface area contributed by atoms with E-state index in [1.54, 1.807) is 6.26 Å². The Morgan fingerprint density at radius 1 is 1.47 bits per heavy atom. The molecule has 5 heteroatoms. The summed E-state index contributed by atoms with van der Waals surface area (Å²) < 4.78 is 6.42. The second-order valence-electron chi connectivity index (χ2n) is 4.33. The Morgan fingerprint density at radius 3 is 2.84 bits per heavy atom. The Hall–Kier alpha value is -0.780. The summed E-state index contributed by atoms with van der Waals surface area (Å²) in [4.78, 5) is 5.40. The van der Waals surface area contributed by atoms with E-state index >= 15 is 0 Å². The summed E-state index contributed by atoms with van der Waals surface area (Å²) >= 11 is 5.14. The highest BCUT2D eigenvalue weighted by molar-refractivity contribution is 9.10. The average molecular weight is 341 g/mol. The minimum absolute atomic E-state index is 0.351. The van der Waals surface area contributed by atoms with Gasteiger partial charge in [-0.05, 0) is 65.8 Å². The lowest BCUT2D eigenvalue weighted by atomic mass is 10.1. The number of halogens is 1. The van der Waals surface area contributed by atoms with E-state index in [0.29, 0.717) is 11.3 Å². The summed E-state index contributed by atoms with van der Waals surface area (Å²) in [6.07, 6.45) is 1.66. The fourth-order valence-electron chi connectivity index (χ4n) is 1.77. The second-order valence-corrected chi connectivity index (χ2v) is 6.17. The summed E-state index contributed by atoms with van der Waals surface area (Å²) in [7, 11) is 0. The monoisotopic (exact) mass is 340 g/mol. The molecule has 0 aliphatic carbocycles. The van der Waals surface area contributed by atoms with Crippen LogP contribution in [0.2, 0.25) is 0 Å². The van der Waals surface area contributed by atoms with Crippen molar-refractivity contribution in [2.24, 2.45) is 0 Å². The number of oxazole rings is 1. The van der Waals surface area contributed by atoms with E-state index in [-0.39, 0.29) is 0 Å². The van der Waals surface area contributed by atoms with Crippen molar-refractivity contribution in [3.8, 4) is 0 Å². The molecule has 0 radical (unpaired) electrons. The molecule has 102 valence electrons. The van der Waals surface area contributed by atoms with Crippen LogP contribution in [-0.2, 0) is 0 Å². The van der Waals surface area contributed by atoms with Crippen LogP contribution >= 0.6 is 27.7 Å². The van der Waals surface area contributed by atoms with Gasteiger partial charge in [0.2, 0.25) is 0 Å². The Labute approximate surface area is 126 Å². The number of nitrogens with zero attached hydrogens (tertiary/aromatic N) is 1. The van der Waals surface area contributed by atoms with Gasteiger partial charge in [-0.1, -0.05) is 13.0 Å². The van der Waals surface area contributed by atoms with E-state index < -0.39 is 0 Å². The van der Waals surface area contributed by atoms with Crippen LogP contribution < -0.4 is 5.32 Å². The van der Waals surface area contributed by atoms with Gasteiger partial charge in [0.25, 0.3) is 5.22 Å². The highest BCUT2D eigenvalue weighted by Gasteiger charge is 2.10. The van der Waals surface area contributed by atoms with E-state index in [2.05, 4.69) is 58.3 Å². The third-order valence-corrected chi connectivity index (χ3v) is 4.62. The van der Waals surface area contributed by atoms with Crippen molar-refractivity contribution in [2.75, 3.05) is 6.54 Å². The van der Waals surface area contributed by atoms with Crippen molar-refractivity contribution in [2.45, 2.75) is 36.9 Å². The molecule has 0 saturated heterocycles. The zero-order chi connectivity index (χ0) is 13.8. The topological polar surface area (TPSA) is 38.1 Å². The normalized spacial score (nSPS) is 12.6. The highest BCUT2D eigenvalue weighted by Crippen LogP contribution is 2.34. The molecule has 0 fully saturated rings. The number of aryl methyl sites for hydroxylation is 1. The van der Waals surface area contributed by atoms with Gasteiger partial charge < -0.3 is 9.73 Å². The Bertz CT molecular complexity index is 556. The largest absolute Gasteiger partial charge is 0.439 e. The minimum atomic E-state index is 0.351. The number of hydrogen-bond donors (Lipinski definition) is 1. The number of nitrogens with one attached hydrogen (secondary N) is 1. The van der Waals surface area contributed by atoms with Gasteiger partial charge in [-0.2, -0.15) is 0 Å². The predicted octanol–water partition coefficient (Wildman–Crippen LogP) is 4.57. The molecule has 0 saturated carbocycles. The van der Waals surface area contributed by atoms with Gasteiger partial charge in [0.1, 0.15) is 6.26 Å². The van der Waals surface area contributed by atoms with Gasteiger partial charge in [-0.25, -0.2) is 4.98 Å². The van der Waals surface area contributed by atoms with Gasteiger partial charge in [0.15, 0.2) is 0 Å². The molecule has 1 unspecified atom stereocenters. The molecule has 1 aromatic heterocycles. The molecule has 1 aromatic carbocycles. The molecule has 0 aliphatic rings. The van der Waals surface area contributed by atoms with Crippen molar-refractivity contribution in [1.82, 2.24) is 10.3 Å². The van der Waals surface area contributed by atoms with Crippen LogP contribution in [-0.4, -0.2) is 11.5 Å². The molecule has 1 heterocycles. The van der Waals surface area contributed by atoms with Crippen LogP contribution in [0.5, 0.6) is 0 Å². The van der Waals surface area contributed by atoms with Crippen LogP contribution in [0.3, 0.4) is 0 Å². The third kappa shape index (κ3) is 3.84. The van der Waals surface area contributed by atoms with E-state index in [9.17, 15) is 0 Å². The van der Waals surface area contributed by atoms with E-state index in [0.717, 1.165) is 21.6 Å². The summed E-state index contributed by atoms with van der Waals surface area (Å²) in [6, 6.07) is 6.73. The van der Waals surface area contributed by atoms with Gasteiger partial charge in [0, 0.05) is 15.4 Å². The van der Waals surface area contributed by atoms with E-state index in [1.165, 1.54) is 17.3 Å². The number of hydrogen-bond acceptors (Lipinski definition) is 4. The van der Waals surface area contributed by atoms with Gasteiger partial charge >= 0.3 is 0 Å². The smallest absolute Gasteiger partial charge is 0.260 e. The van der Waals surface area contributed by atoms with Gasteiger partial charge in [-0.15, -0.1) is 0 Å². The lowest BCUT2D eigenvalue weighted by Crippen LogP contribution is -2.17. The molecule has 0 amide bonds. The zero-order valence-electron chi connectivity index (χ0n) is 11.2. The van der Waals surface area contributed by atoms with Crippen LogP contribution in [0.25, 0.3) is 0 Å². The molecule has 1 atom stereocenters. The van der Waals surface area contributed by atoms with Crippen LogP contribution in [0.15, 0.2) is 43.5 Å². The fraction of sp³-hybridized carbons (Fsp3) is 0.357. The standard InChI is InChI=1S/C14H17BrN2OS/c1-4-16-10(3)11-5-6-13(12(15)7-11)19-14-17-9(2)8-18-14/h5-8,10,16H,4H2,1-3H3. The number of benzene rings is 1. The molecule has 0 spiro atoms. The molecule has 3 nitrogen and oxygen atoms in total. The average Bonchev–Trinajstić information content (AvgIpc) is 2.78. The van der Waals surface area contributed by atoms with E-state index in [1.807, 2.05) is 6.92 Å². The van der Waals surface area contributed by atoms with Gasteiger partial charge in [-0.3, -0.25) is 0 Å². The van der Waals surface area contributed by atoms with Crippen LogP contribution in [0, 0.1) is 6.92 Å². The fourth-order valence-corrected chi connectivity index (χ4v) is 3.17. The molecular formula is C14H17BrN2OS. The Balaban J connectivity index is 2.15. The molecule has 19 heavy (non-hydrogen) atoms. The molecule has 2 rings (SSSR count). The van der Waals surface area contributed by atoms with Crippen LogP contribution in [0.1, 0.15) is 31.1 Å². The maximum absolute atomic E-state index is 5.36. The predicted molar refractivity (Wildman–Crippen MR) is 81.6 cm³/mol. The number of aromatic nitrogens is 1. The molecule has 1 N–H and O–H groups in total. The highest BCUT2D eigenvalue weighted by atomic mass is 79.9. The second kappa shape index (κ2) is 6.59. The van der Waals surface area contributed by atoms with Crippen molar-refractivity contribution in [1.29, 1.82) is 0 Å².